The Morgan fingerprint density at radius 3 is 3.00 bits per heavy atom. The van der Waals surface area contributed by atoms with Gasteiger partial charge in [-0.15, -0.1) is 11.3 Å². The van der Waals surface area contributed by atoms with Crippen LogP contribution in [0.1, 0.15) is 16.1 Å². The first kappa shape index (κ1) is 13.8. The Kier molecular flexibility index (Phi) is 3.67. The van der Waals surface area contributed by atoms with E-state index in [4.69, 9.17) is 11.6 Å². The lowest BCUT2D eigenvalue weighted by molar-refractivity contribution is 0.0788. The molecule has 1 atom stereocenters. The number of pyridine rings is 1. The minimum Gasteiger partial charge on any atom is -0.336 e. The molecule has 2 aromatic rings. The van der Waals surface area contributed by atoms with Gasteiger partial charge in [-0.3, -0.25) is 9.78 Å². The first-order chi connectivity index (χ1) is 9.56. The van der Waals surface area contributed by atoms with E-state index in [9.17, 15) is 4.79 Å². The van der Waals surface area contributed by atoms with Crippen LogP contribution in [0.3, 0.4) is 0 Å². The maximum Gasteiger partial charge on any atom is 0.264 e. The van der Waals surface area contributed by atoms with Crippen LogP contribution >= 0.6 is 22.9 Å². The highest BCUT2D eigenvalue weighted by Gasteiger charge is 2.29. The molecule has 0 radical (unpaired) electrons. The van der Waals surface area contributed by atoms with E-state index in [1.807, 2.05) is 11.0 Å². The molecule has 0 spiro atoms. The van der Waals surface area contributed by atoms with Crippen LogP contribution in [0.2, 0.25) is 5.02 Å². The van der Waals surface area contributed by atoms with Crippen LogP contribution in [-0.2, 0) is 0 Å². The predicted octanol–water partition coefficient (Wildman–Crippen LogP) is 2.73. The Balaban J connectivity index is 1.84. The van der Waals surface area contributed by atoms with Gasteiger partial charge in [0.1, 0.15) is 0 Å². The normalized spacial score (nSPS) is 19.2. The number of carbonyl (C=O) groups is 1. The fourth-order valence-corrected chi connectivity index (χ4v) is 3.77. The number of aromatic nitrogens is 1. The lowest BCUT2D eigenvalue weighted by Gasteiger charge is -2.19. The zero-order valence-corrected chi connectivity index (χ0v) is 13.0. The van der Waals surface area contributed by atoms with Crippen molar-refractivity contribution in [2.75, 3.05) is 27.2 Å². The molecule has 0 aliphatic carbocycles. The zero-order chi connectivity index (χ0) is 14.3. The van der Waals surface area contributed by atoms with E-state index in [1.165, 1.54) is 11.3 Å². The van der Waals surface area contributed by atoms with Gasteiger partial charge in [-0.1, -0.05) is 11.6 Å². The summed E-state index contributed by atoms with van der Waals surface area (Å²) in [4.78, 5) is 21.6. The molecule has 20 heavy (non-hydrogen) atoms. The summed E-state index contributed by atoms with van der Waals surface area (Å²) in [5, 5.41) is 0.659. The lowest BCUT2D eigenvalue weighted by atomic mass is 10.2. The fourth-order valence-electron chi connectivity index (χ4n) is 2.52. The number of carbonyl (C=O) groups excluding carboxylic acids is 1. The van der Waals surface area contributed by atoms with E-state index in [0.29, 0.717) is 11.1 Å². The number of hydrogen-bond acceptors (Lipinski definition) is 4. The maximum atomic E-state index is 12.5. The van der Waals surface area contributed by atoms with Gasteiger partial charge in [0, 0.05) is 25.3 Å². The van der Waals surface area contributed by atoms with Crippen molar-refractivity contribution in [3.8, 4) is 0 Å². The van der Waals surface area contributed by atoms with E-state index in [0.717, 1.165) is 34.6 Å². The summed E-state index contributed by atoms with van der Waals surface area (Å²) in [6.45, 7) is 1.61. The highest BCUT2D eigenvalue weighted by molar-refractivity contribution is 7.21. The van der Waals surface area contributed by atoms with Crippen LogP contribution in [0, 0.1) is 0 Å². The number of thiophene rings is 1. The molecule has 4 nitrogen and oxygen atoms in total. The number of halogens is 1. The molecule has 0 unspecified atom stereocenters. The zero-order valence-electron chi connectivity index (χ0n) is 11.5. The fraction of sp³-hybridized carbons (Fsp3) is 0.429. The van der Waals surface area contributed by atoms with Gasteiger partial charge in [0.25, 0.3) is 5.91 Å². The molecule has 0 bridgehead atoms. The number of hydrogen-bond donors (Lipinski definition) is 0. The second kappa shape index (κ2) is 5.31. The molecular weight excluding hydrogens is 294 g/mol. The molecule has 1 amide bonds. The molecule has 3 heterocycles. The molecule has 1 aliphatic heterocycles. The molecule has 0 saturated carbocycles. The first-order valence-electron chi connectivity index (χ1n) is 6.56. The highest BCUT2D eigenvalue weighted by Crippen LogP contribution is 2.31. The van der Waals surface area contributed by atoms with Crippen LogP contribution in [0.25, 0.3) is 10.2 Å². The third-order valence-electron chi connectivity index (χ3n) is 3.76. The largest absolute Gasteiger partial charge is 0.336 e. The number of rotatable bonds is 2. The topological polar surface area (TPSA) is 36.4 Å². The number of fused-ring (bicyclic) bond motifs is 1. The van der Waals surface area contributed by atoms with Crippen molar-refractivity contribution in [2.24, 2.45) is 0 Å². The quantitative estimate of drug-likeness (QED) is 0.856. The molecule has 0 N–H and O–H groups in total. The maximum absolute atomic E-state index is 12.5. The second-order valence-corrected chi connectivity index (χ2v) is 6.73. The summed E-state index contributed by atoms with van der Waals surface area (Å²) < 4.78 is 0.890. The minimum absolute atomic E-state index is 0.0911. The molecule has 1 fully saturated rings. The van der Waals surface area contributed by atoms with Crippen molar-refractivity contribution in [1.29, 1.82) is 0 Å². The van der Waals surface area contributed by atoms with E-state index in [2.05, 4.69) is 24.0 Å². The van der Waals surface area contributed by atoms with E-state index in [1.54, 1.807) is 12.3 Å². The van der Waals surface area contributed by atoms with Gasteiger partial charge >= 0.3 is 0 Å². The van der Waals surface area contributed by atoms with Crippen LogP contribution < -0.4 is 0 Å². The van der Waals surface area contributed by atoms with Gasteiger partial charge in [0.2, 0.25) is 0 Å². The Morgan fingerprint density at radius 2 is 2.35 bits per heavy atom. The van der Waals surface area contributed by atoms with Crippen LogP contribution in [0.4, 0.5) is 0 Å². The van der Waals surface area contributed by atoms with E-state index in [-0.39, 0.29) is 5.91 Å². The smallest absolute Gasteiger partial charge is 0.264 e. The molecular formula is C14H16ClN3OS. The SMILES string of the molecule is CN(C)[C@H]1CCN(C(=O)c2cc3nccc(Cl)c3s2)C1. The number of likely N-dealkylation sites (tertiary alicyclic amines) is 1. The summed E-state index contributed by atoms with van der Waals surface area (Å²) in [6.07, 6.45) is 2.70. The highest BCUT2D eigenvalue weighted by atomic mass is 35.5. The number of amides is 1. The van der Waals surface area contributed by atoms with Crippen molar-refractivity contribution in [1.82, 2.24) is 14.8 Å². The molecule has 0 aromatic carbocycles. The Labute approximate surface area is 127 Å². The van der Waals surface area contributed by atoms with Crippen molar-refractivity contribution in [3.05, 3.63) is 28.2 Å². The van der Waals surface area contributed by atoms with Crippen molar-refractivity contribution >= 4 is 39.1 Å². The van der Waals surface area contributed by atoms with Gasteiger partial charge in [0.15, 0.2) is 0 Å². The number of likely N-dealkylation sites (N-methyl/N-ethyl adjacent to an activating group) is 1. The first-order valence-corrected chi connectivity index (χ1v) is 7.75. The van der Waals surface area contributed by atoms with Crippen LogP contribution in [-0.4, -0.2) is 53.9 Å². The molecule has 2 aromatic heterocycles. The van der Waals surface area contributed by atoms with Gasteiger partial charge in [-0.2, -0.15) is 0 Å². The summed E-state index contributed by atoms with van der Waals surface area (Å²) in [6, 6.07) is 4.05. The number of nitrogens with zero attached hydrogens (tertiary/aromatic N) is 3. The molecule has 3 rings (SSSR count). The predicted molar refractivity (Wildman–Crippen MR) is 82.6 cm³/mol. The van der Waals surface area contributed by atoms with Crippen LogP contribution in [0.15, 0.2) is 18.3 Å². The average molecular weight is 310 g/mol. The minimum atomic E-state index is 0.0911. The summed E-state index contributed by atoms with van der Waals surface area (Å²) in [5.41, 5.74) is 0.800. The molecule has 106 valence electrons. The lowest BCUT2D eigenvalue weighted by Crippen LogP contribution is -2.34. The summed E-state index contributed by atoms with van der Waals surface area (Å²) in [5.74, 6) is 0.0911. The van der Waals surface area contributed by atoms with Crippen molar-refractivity contribution in [3.63, 3.8) is 0 Å². The third kappa shape index (κ3) is 2.41. The van der Waals surface area contributed by atoms with Crippen molar-refractivity contribution in [2.45, 2.75) is 12.5 Å². The van der Waals surface area contributed by atoms with E-state index >= 15 is 0 Å². The van der Waals surface area contributed by atoms with Crippen molar-refractivity contribution < 1.29 is 4.79 Å². The summed E-state index contributed by atoms with van der Waals surface area (Å²) in [7, 11) is 4.11. The van der Waals surface area contributed by atoms with E-state index < -0.39 is 0 Å². The Hall–Kier alpha value is -1.17. The Morgan fingerprint density at radius 1 is 1.55 bits per heavy atom. The third-order valence-corrected chi connectivity index (χ3v) is 5.33. The molecule has 6 heteroatoms. The van der Waals surface area contributed by atoms with Gasteiger partial charge in [-0.25, -0.2) is 0 Å². The molecule has 1 aliphatic rings. The standard InChI is InChI=1S/C14H16ClN3OS/c1-17(2)9-4-6-18(8-9)14(19)12-7-11-13(20-12)10(15)3-5-16-11/h3,5,7,9H,4,6,8H2,1-2H3/t9-/m0/s1. The average Bonchev–Trinajstić information content (AvgIpc) is 3.05. The van der Waals surface area contributed by atoms with Crippen LogP contribution in [0.5, 0.6) is 0 Å². The molecule has 1 saturated heterocycles. The summed E-state index contributed by atoms with van der Waals surface area (Å²) >= 11 is 7.57. The van der Waals surface area contributed by atoms with Gasteiger partial charge in [0.05, 0.1) is 20.1 Å². The van der Waals surface area contributed by atoms with Gasteiger partial charge in [-0.05, 0) is 32.6 Å². The monoisotopic (exact) mass is 309 g/mol. The van der Waals surface area contributed by atoms with Gasteiger partial charge < -0.3 is 9.80 Å². The Bertz CT molecular complexity index is 655. The second-order valence-electron chi connectivity index (χ2n) is 5.28.